The van der Waals surface area contributed by atoms with Gasteiger partial charge in [0.15, 0.2) is 0 Å². The standard InChI is InChI=1S/C6H10N.C3H7.V/c1-2-6(3-1)4-7-5-6;1-3-2;/h1,7H,2-5H2;3H,1-2H3;/q2*-1;+2. The van der Waals surface area contributed by atoms with Crippen LogP contribution in [0.1, 0.15) is 26.7 Å². The molecule has 0 aromatic heterocycles. The molecular weight excluding hydrogens is 173 g/mol. The Kier molecular flexibility index (Phi) is 5.50. The molecule has 1 saturated carbocycles. The summed E-state index contributed by atoms with van der Waals surface area (Å²) < 4.78 is 0. The van der Waals surface area contributed by atoms with Crippen LogP contribution in [0.4, 0.5) is 0 Å². The molecule has 0 aromatic rings. The number of nitrogens with one attached hydrogen (secondary N) is 1. The maximum absolute atomic E-state index is 3.28. The molecule has 1 nitrogen and oxygen atoms in total. The third-order valence-electron chi connectivity index (χ3n) is 2.15. The zero-order valence-corrected chi connectivity index (χ0v) is 8.83. The van der Waals surface area contributed by atoms with Crippen molar-refractivity contribution in [1.29, 1.82) is 0 Å². The molecule has 2 heteroatoms. The first-order valence-electron chi connectivity index (χ1n) is 4.09. The van der Waals surface area contributed by atoms with E-state index >= 15 is 0 Å². The minimum atomic E-state index is 0. The number of rotatable bonds is 0. The maximum Gasteiger partial charge on any atom is 2.00 e. The number of hydrogen-bond acceptors (Lipinski definition) is 1. The molecule has 63 valence electrons. The SMILES string of the molecule is C[CH-]C.[CH-]1CC2(C1)CNC2.[V+2]. The van der Waals surface area contributed by atoms with Crippen LogP contribution in [-0.4, -0.2) is 13.1 Å². The minimum absolute atomic E-state index is 0. The van der Waals surface area contributed by atoms with Crippen molar-refractivity contribution in [3.05, 3.63) is 12.8 Å². The summed E-state index contributed by atoms with van der Waals surface area (Å²) in [5.74, 6) is 0. The maximum atomic E-state index is 3.28. The van der Waals surface area contributed by atoms with Gasteiger partial charge in [0.05, 0.1) is 0 Å². The van der Waals surface area contributed by atoms with Gasteiger partial charge in [0, 0.05) is 0 Å². The summed E-state index contributed by atoms with van der Waals surface area (Å²) in [5, 5.41) is 3.28. The molecule has 1 saturated heterocycles. The van der Waals surface area contributed by atoms with Crippen molar-refractivity contribution in [3.8, 4) is 0 Å². The molecule has 1 aliphatic heterocycles. The largest absolute Gasteiger partial charge is 2.00 e. The van der Waals surface area contributed by atoms with E-state index in [9.17, 15) is 0 Å². The van der Waals surface area contributed by atoms with E-state index in [-0.39, 0.29) is 18.6 Å². The molecule has 2 aliphatic rings. The molecule has 0 unspecified atom stereocenters. The van der Waals surface area contributed by atoms with Crippen molar-refractivity contribution >= 4 is 0 Å². The smallest absolute Gasteiger partial charge is 0.335 e. The van der Waals surface area contributed by atoms with Gasteiger partial charge < -0.3 is 18.2 Å². The van der Waals surface area contributed by atoms with E-state index in [0.29, 0.717) is 0 Å². The molecule has 0 atom stereocenters. The summed E-state index contributed by atoms with van der Waals surface area (Å²) in [6.07, 6.45) is 7.13. The second kappa shape index (κ2) is 5.24. The van der Waals surface area contributed by atoms with Gasteiger partial charge in [-0.1, -0.05) is 5.41 Å². The minimum Gasteiger partial charge on any atom is -0.335 e. The fraction of sp³-hybridized carbons (Fsp3) is 0.778. The van der Waals surface area contributed by atoms with Crippen molar-refractivity contribution in [2.45, 2.75) is 26.7 Å². The number of hydrogen-bond donors (Lipinski definition) is 1. The van der Waals surface area contributed by atoms with Crippen LogP contribution in [0.15, 0.2) is 0 Å². The summed E-state index contributed by atoms with van der Waals surface area (Å²) in [6, 6.07) is 0. The first-order chi connectivity index (χ1) is 4.83. The van der Waals surface area contributed by atoms with Gasteiger partial charge in [-0.2, -0.15) is 26.7 Å². The van der Waals surface area contributed by atoms with Gasteiger partial charge in [-0.15, -0.1) is 0 Å². The Morgan fingerprint density at radius 2 is 1.73 bits per heavy atom. The first kappa shape index (κ1) is 11.5. The molecule has 1 heterocycles. The Labute approximate surface area is 82.2 Å². The van der Waals surface area contributed by atoms with E-state index in [1.165, 1.54) is 25.9 Å². The predicted molar refractivity (Wildman–Crippen MR) is 44.5 cm³/mol. The van der Waals surface area contributed by atoms with Crippen molar-refractivity contribution in [3.63, 3.8) is 0 Å². The van der Waals surface area contributed by atoms with Crippen LogP contribution >= 0.6 is 0 Å². The summed E-state index contributed by atoms with van der Waals surface area (Å²) in [4.78, 5) is 0. The molecule has 1 aliphatic carbocycles. The molecule has 1 spiro atoms. The first-order valence-corrected chi connectivity index (χ1v) is 4.09. The van der Waals surface area contributed by atoms with E-state index < -0.39 is 0 Å². The summed E-state index contributed by atoms with van der Waals surface area (Å²) in [7, 11) is 0. The van der Waals surface area contributed by atoms with Gasteiger partial charge in [-0.3, -0.25) is 0 Å². The van der Waals surface area contributed by atoms with E-state index in [1.807, 2.05) is 20.3 Å². The normalized spacial score (nSPS) is 23.5. The van der Waals surface area contributed by atoms with Crippen molar-refractivity contribution in [2.24, 2.45) is 5.41 Å². The second-order valence-corrected chi connectivity index (χ2v) is 3.38. The zero-order valence-electron chi connectivity index (χ0n) is 7.43. The van der Waals surface area contributed by atoms with E-state index in [2.05, 4.69) is 11.7 Å². The van der Waals surface area contributed by atoms with Crippen molar-refractivity contribution in [1.82, 2.24) is 5.32 Å². The van der Waals surface area contributed by atoms with Gasteiger partial charge in [-0.25, -0.2) is 0 Å². The summed E-state index contributed by atoms with van der Waals surface area (Å²) in [5.41, 5.74) is 0.778. The summed E-state index contributed by atoms with van der Waals surface area (Å²) >= 11 is 0. The van der Waals surface area contributed by atoms with Crippen LogP contribution in [0.5, 0.6) is 0 Å². The Hall–Kier alpha value is 0.544. The molecular formula is C9H17NV. The molecule has 1 radical (unpaired) electrons. The third-order valence-corrected chi connectivity index (χ3v) is 2.15. The molecule has 0 bridgehead atoms. The molecule has 2 rings (SSSR count). The molecule has 0 aromatic carbocycles. The topological polar surface area (TPSA) is 12.0 Å². The Morgan fingerprint density at radius 3 is 1.73 bits per heavy atom. The van der Waals surface area contributed by atoms with Crippen molar-refractivity contribution in [2.75, 3.05) is 13.1 Å². The van der Waals surface area contributed by atoms with Crippen LogP contribution in [0, 0.1) is 18.3 Å². The molecule has 0 amide bonds. The van der Waals surface area contributed by atoms with Crippen LogP contribution in [0.3, 0.4) is 0 Å². The van der Waals surface area contributed by atoms with E-state index in [0.717, 1.165) is 5.41 Å². The predicted octanol–water partition coefficient (Wildman–Crippen LogP) is 1.80. The Bertz CT molecular complexity index is 80.2. The van der Waals surface area contributed by atoms with Crippen molar-refractivity contribution < 1.29 is 18.6 Å². The van der Waals surface area contributed by atoms with Gasteiger partial charge >= 0.3 is 18.6 Å². The van der Waals surface area contributed by atoms with Gasteiger partial charge in [0.1, 0.15) is 0 Å². The molecule has 2 fully saturated rings. The Balaban J connectivity index is 0.000000225. The zero-order chi connectivity index (χ0) is 7.45. The molecule has 1 N–H and O–H groups in total. The van der Waals surface area contributed by atoms with Gasteiger partial charge in [0.25, 0.3) is 0 Å². The van der Waals surface area contributed by atoms with Crippen LogP contribution in [0.25, 0.3) is 0 Å². The Morgan fingerprint density at radius 1 is 1.27 bits per heavy atom. The fourth-order valence-electron chi connectivity index (χ4n) is 1.32. The fourth-order valence-corrected chi connectivity index (χ4v) is 1.32. The van der Waals surface area contributed by atoms with Crippen LogP contribution in [-0.2, 0) is 18.6 Å². The molecule has 11 heavy (non-hydrogen) atoms. The van der Waals surface area contributed by atoms with Gasteiger partial charge in [-0.05, 0) is 13.1 Å². The summed E-state index contributed by atoms with van der Waals surface area (Å²) in [6.45, 7) is 6.56. The van der Waals surface area contributed by atoms with Crippen LogP contribution < -0.4 is 5.32 Å². The van der Waals surface area contributed by atoms with Crippen LogP contribution in [0.2, 0.25) is 0 Å². The average Bonchev–Trinajstić information content (AvgIpc) is 1.57. The quantitative estimate of drug-likeness (QED) is 0.574. The third kappa shape index (κ3) is 2.81. The van der Waals surface area contributed by atoms with Gasteiger partial charge in [0.2, 0.25) is 0 Å². The average molecular weight is 190 g/mol. The monoisotopic (exact) mass is 190 g/mol. The second-order valence-electron chi connectivity index (χ2n) is 3.38. The van der Waals surface area contributed by atoms with E-state index in [1.54, 1.807) is 0 Å². The van der Waals surface area contributed by atoms with E-state index in [4.69, 9.17) is 0 Å².